The first-order chi connectivity index (χ1) is 15.5. The van der Waals surface area contributed by atoms with Crippen LogP contribution >= 0.6 is 0 Å². The highest BCUT2D eigenvalue weighted by atomic mass is 19.1. The fourth-order valence-electron chi connectivity index (χ4n) is 3.82. The summed E-state index contributed by atoms with van der Waals surface area (Å²) in [5.74, 6) is 1.74. The van der Waals surface area contributed by atoms with Gasteiger partial charge in [-0.2, -0.15) is 15.0 Å². The van der Waals surface area contributed by atoms with Crippen LogP contribution in [-0.2, 0) is 13.1 Å². The van der Waals surface area contributed by atoms with Crippen molar-refractivity contribution in [2.75, 3.05) is 44.3 Å². The Labute approximate surface area is 187 Å². The van der Waals surface area contributed by atoms with Crippen LogP contribution in [-0.4, -0.2) is 58.0 Å². The molecule has 0 aliphatic carbocycles. The van der Waals surface area contributed by atoms with Crippen molar-refractivity contribution in [3.8, 4) is 5.75 Å². The largest absolute Gasteiger partial charge is 0.496 e. The second-order valence-corrected chi connectivity index (χ2v) is 7.88. The molecule has 1 aliphatic heterocycles. The van der Waals surface area contributed by atoms with Gasteiger partial charge in [0.05, 0.1) is 13.7 Å². The lowest BCUT2D eigenvalue weighted by Gasteiger charge is -2.34. The topological polar surface area (TPSA) is 92.4 Å². The monoisotopic (exact) mass is 437 g/mol. The van der Waals surface area contributed by atoms with Crippen molar-refractivity contribution in [3.05, 3.63) is 65.2 Å². The smallest absolute Gasteiger partial charge is 0.232 e. The maximum absolute atomic E-state index is 13.7. The molecule has 3 aromatic rings. The summed E-state index contributed by atoms with van der Waals surface area (Å²) < 4.78 is 19.0. The van der Waals surface area contributed by atoms with E-state index in [4.69, 9.17) is 10.5 Å². The summed E-state index contributed by atoms with van der Waals surface area (Å²) in [5, 5.41) is 3.23. The molecule has 1 fully saturated rings. The van der Waals surface area contributed by atoms with Crippen LogP contribution in [0.3, 0.4) is 0 Å². The zero-order valence-corrected chi connectivity index (χ0v) is 18.4. The number of hydrogen-bond donors (Lipinski definition) is 2. The molecule has 3 N–H and O–H groups in total. The van der Waals surface area contributed by atoms with Gasteiger partial charge >= 0.3 is 0 Å². The van der Waals surface area contributed by atoms with Gasteiger partial charge in [0.25, 0.3) is 0 Å². The Hall–Kier alpha value is -3.30. The second kappa shape index (κ2) is 9.88. The Morgan fingerprint density at radius 1 is 1.00 bits per heavy atom. The first-order valence-corrected chi connectivity index (χ1v) is 10.6. The number of aryl methyl sites for hydroxylation is 1. The predicted molar refractivity (Wildman–Crippen MR) is 122 cm³/mol. The SMILES string of the molecule is COc1ccc(F)cc1CN1CCN(Cc2nc(N)nc(Nc3ccccc3C)n2)CC1. The van der Waals surface area contributed by atoms with Gasteiger partial charge in [-0.25, -0.2) is 4.39 Å². The van der Waals surface area contributed by atoms with Crippen molar-refractivity contribution in [2.45, 2.75) is 20.0 Å². The van der Waals surface area contributed by atoms with E-state index >= 15 is 0 Å². The van der Waals surface area contributed by atoms with Crippen LogP contribution < -0.4 is 15.8 Å². The number of piperazine rings is 1. The number of benzene rings is 2. The number of hydrogen-bond acceptors (Lipinski definition) is 8. The fraction of sp³-hybridized carbons (Fsp3) is 0.348. The average molecular weight is 438 g/mol. The molecule has 0 unspecified atom stereocenters. The zero-order chi connectivity index (χ0) is 22.5. The number of rotatable bonds is 7. The maximum Gasteiger partial charge on any atom is 0.232 e. The minimum atomic E-state index is -0.248. The van der Waals surface area contributed by atoms with E-state index in [0.29, 0.717) is 30.6 Å². The molecule has 168 valence electrons. The quantitative estimate of drug-likeness (QED) is 0.583. The molecule has 8 nitrogen and oxygen atoms in total. The number of nitrogens with one attached hydrogen (secondary N) is 1. The van der Waals surface area contributed by atoms with Gasteiger partial charge < -0.3 is 15.8 Å². The fourth-order valence-corrected chi connectivity index (χ4v) is 3.82. The first kappa shape index (κ1) is 21.9. The van der Waals surface area contributed by atoms with E-state index in [9.17, 15) is 4.39 Å². The van der Waals surface area contributed by atoms with Crippen LogP contribution in [0.2, 0.25) is 0 Å². The molecular weight excluding hydrogens is 409 g/mol. The number of methoxy groups -OCH3 is 1. The lowest BCUT2D eigenvalue weighted by molar-refractivity contribution is 0.119. The molecule has 0 spiro atoms. The highest BCUT2D eigenvalue weighted by molar-refractivity contribution is 5.58. The van der Waals surface area contributed by atoms with Crippen molar-refractivity contribution < 1.29 is 9.13 Å². The Morgan fingerprint density at radius 2 is 1.72 bits per heavy atom. The molecule has 0 bridgehead atoms. The number of nitrogens with zero attached hydrogens (tertiary/aromatic N) is 5. The van der Waals surface area contributed by atoms with E-state index in [2.05, 4.69) is 30.1 Å². The Kier molecular flexibility index (Phi) is 6.77. The van der Waals surface area contributed by atoms with E-state index < -0.39 is 0 Å². The van der Waals surface area contributed by atoms with E-state index in [1.807, 2.05) is 31.2 Å². The lowest BCUT2D eigenvalue weighted by Crippen LogP contribution is -2.45. The molecule has 1 aromatic heterocycles. The molecule has 0 saturated carbocycles. The van der Waals surface area contributed by atoms with Crippen molar-refractivity contribution in [1.82, 2.24) is 24.8 Å². The molecule has 32 heavy (non-hydrogen) atoms. The molecule has 9 heteroatoms. The standard InChI is InChI=1S/C23H28FN7O/c1-16-5-3-4-6-19(16)26-23-28-21(27-22(25)29-23)15-31-11-9-30(10-12-31)14-17-13-18(24)7-8-20(17)32-2/h3-8,13H,9-12,14-15H2,1-2H3,(H3,25,26,27,28,29). The normalized spacial score (nSPS) is 15.0. The van der Waals surface area contributed by atoms with Crippen LogP contribution in [0.1, 0.15) is 17.0 Å². The number of halogens is 1. The van der Waals surface area contributed by atoms with Crippen LogP contribution in [0, 0.1) is 12.7 Å². The summed E-state index contributed by atoms with van der Waals surface area (Å²) in [7, 11) is 1.61. The summed E-state index contributed by atoms with van der Waals surface area (Å²) in [6, 6.07) is 12.6. The number of ether oxygens (including phenoxy) is 1. The van der Waals surface area contributed by atoms with Gasteiger partial charge in [0, 0.05) is 44.0 Å². The van der Waals surface area contributed by atoms with Gasteiger partial charge in [-0.3, -0.25) is 9.80 Å². The molecule has 2 heterocycles. The molecule has 0 amide bonds. The van der Waals surface area contributed by atoms with Gasteiger partial charge in [-0.15, -0.1) is 0 Å². The van der Waals surface area contributed by atoms with Crippen LogP contribution in [0.15, 0.2) is 42.5 Å². The van der Waals surface area contributed by atoms with Gasteiger partial charge in [-0.05, 0) is 36.8 Å². The summed E-state index contributed by atoms with van der Waals surface area (Å²) in [4.78, 5) is 17.7. The van der Waals surface area contributed by atoms with E-state index in [-0.39, 0.29) is 11.8 Å². The van der Waals surface area contributed by atoms with E-state index in [1.54, 1.807) is 19.2 Å². The van der Waals surface area contributed by atoms with Crippen molar-refractivity contribution >= 4 is 17.6 Å². The third kappa shape index (κ3) is 5.49. The van der Waals surface area contributed by atoms with Gasteiger partial charge in [0.2, 0.25) is 11.9 Å². The number of aromatic nitrogens is 3. The summed E-state index contributed by atoms with van der Waals surface area (Å²) in [6.07, 6.45) is 0. The van der Waals surface area contributed by atoms with Crippen LogP contribution in [0.4, 0.5) is 22.0 Å². The molecule has 1 aliphatic rings. The molecular formula is C23H28FN7O. The summed E-state index contributed by atoms with van der Waals surface area (Å²) in [6.45, 7) is 6.67. The van der Waals surface area contributed by atoms with Crippen molar-refractivity contribution in [2.24, 2.45) is 0 Å². The van der Waals surface area contributed by atoms with Crippen LogP contribution in [0.5, 0.6) is 5.75 Å². The first-order valence-electron chi connectivity index (χ1n) is 10.6. The van der Waals surface area contributed by atoms with Crippen molar-refractivity contribution in [1.29, 1.82) is 0 Å². The molecule has 4 rings (SSSR count). The number of nitrogens with two attached hydrogens (primary N) is 1. The van der Waals surface area contributed by atoms with E-state index in [0.717, 1.165) is 43.0 Å². The molecule has 0 atom stereocenters. The molecule has 0 radical (unpaired) electrons. The maximum atomic E-state index is 13.7. The van der Waals surface area contributed by atoms with Gasteiger partial charge in [-0.1, -0.05) is 18.2 Å². The number of nitrogen functional groups attached to an aromatic ring is 1. The Morgan fingerprint density at radius 3 is 2.44 bits per heavy atom. The predicted octanol–water partition coefficient (Wildman–Crippen LogP) is 2.97. The molecule has 1 saturated heterocycles. The van der Waals surface area contributed by atoms with Crippen molar-refractivity contribution in [3.63, 3.8) is 0 Å². The highest BCUT2D eigenvalue weighted by Gasteiger charge is 2.20. The third-order valence-corrected chi connectivity index (χ3v) is 5.56. The summed E-state index contributed by atoms with van der Waals surface area (Å²) >= 11 is 0. The Balaban J connectivity index is 1.36. The highest BCUT2D eigenvalue weighted by Crippen LogP contribution is 2.22. The third-order valence-electron chi connectivity index (χ3n) is 5.56. The van der Waals surface area contributed by atoms with Gasteiger partial charge in [0.15, 0.2) is 0 Å². The van der Waals surface area contributed by atoms with E-state index in [1.165, 1.54) is 6.07 Å². The second-order valence-electron chi connectivity index (χ2n) is 7.88. The van der Waals surface area contributed by atoms with Crippen LogP contribution in [0.25, 0.3) is 0 Å². The average Bonchev–Trinajstić information content (AvgIpc) is 2.77. The number of anilines is 3. The number of para-hydroxylation sites is 1. The minimum absolute atomic E-state index is 0.197. The minimum Gasteiger partial charge on any atom is -0.496 e. The molecule has 2 aromatic carbocycles. The summed E-state index contributed by atoms with van der Waals surface area (Å²) in [5.41, 5.74) is 8.82. The Bertz CT molecular complexity index is 1070. The lowest BCUT2D eigenvalue weighted by atomic mass is 10.1. The zero-order valence-electron chi connectivity index (χ0n) is 18.4. The van der Waals surface area contributed by atoms with Gasteiger partial charge in [0.1, 0.15) is 17.4 Å².